The molecule has 0 aromatic heterocycles. The molecule has 1 aromatic rings. The van der Waals surface area contributed by atoms with Gasteiger partial charge in [0.25, 0.3) is 0 Å². The van der Waals surface area contributed by atoms with E-state index < -0.39 is 11.2 Å². The molecule has 0 aliphatic heterocycles. The number of methoxy groups -OCH3 is 1. The largest absolute Gasteiger partial charge is 0.494 e. The van der Waals surface area contributed by atoms with Crippen LogP contribution in [0.2, 0.25) is 0 Å². The molecule has 0 spiro atoms. The van der Waals surface area contributed by atoms with Crippen LogP contribution in [-0.2, 0) is 4.79 Å². The lowest BCUT2D eigenvalue weighted by molar-refractivity contribution is -0.132. The molecule has 1 fully saturated rings. The van der Waals surface area contributed by atoms with Crippen LogP contribution in [0.15, 0.2) is 18.2 Å². The van der Waals surface area contributed by atoms with E-state index in [2.05, 4.69) is 12.2 Å². The summed E-state index contributed by atoms with van der Waals surface area (Å²) in [6.07, 6.45) is 1.57. The highest BCUT2D eigenvalue weighted by molar-refractivity contribution is 5.96. The molecule has 3 N–H and O–H groups in total. The van der Waals surface area contributed by atoms with Crippen LogP contribution in [0.3, 0.4) is 0 Å². The van der Waals surface area contributed by atoms with Gasteiger partial charge < -0.3 is 15.8 Å². The van der Waals surface area contributed by atoms with Gasteiger partial charge >= 0.3 is 0 Å². The van der Waals surface area contributed by atoms with E-state index in [1.54, 1.807) is 6.07 Å². The van der Waals surface area contributed by atoms with E-state index in [0.29, 0.717) is 18.2 Å². The zero-order valence-corrected chi connectivity index (χ0v) is 11.2. The highest BCUT2D eigenvalue weighted by atomic mass is 19.1. The lowest BCUT2D eigenvalue weighted by atomic mass is 9.62. The van der Waals surface area contributed by atoms with Crippen molar-refractivity contribution in [3.63, 3.8) is 0 Å². The van der Waals surface area contributed by atoms with Crippen LogP contribution >= 0.6 is 0 Å². The summed E-state index contributed by atoms with van der Waals surface area (Å²) in [5, 5.41) is 2.73. The predicted octanol–water partition coefficient (Wildman–Crippen LogP) is 2.15. The standard InChI is InChI=1S/C14H19FN2O2/c1-9-6-14(7-9,8-16)13(18)17-10-3-4-12(19-2)11(15)5-10/h3-5,9H,6-8,16H2,1-2H3,(H,17,18). The van der Waals surface area contributed by atoms with Gasteiger partial charge in [0.05, 0.1) is 12.5 Å². The molecule has 2 rings (SSSR count). The average Bonchev–Trinajstić information content (AvgIpc) is 2.34. The number of carbonyl (C=O) groups excluding carboxylic acids is 1. The molecule has 1 aromatic carbocycles. The number of benzene rings is 1. The number of anilines is 1. The number of hydrogen-bond acceptors (Lipinski definition) is 3. The van der Waals surface area contributed by atoms with Gasteiger partial charge in [-0.2, -0.15) is 0 Å². The van der Waals surface area contributed by atoms with Gasteiger partial charge in [0.1, 0.15) is 0 Å². The minimum absolute atomic E-state index is 0.127. The summed E-state index contributed by atoms with van der Waals surface area (Å²) in [5.41, 5.74) is 5.64. The number of ether oxygens (including phenoxy) is 1. The minimum Gasteiger partial charge on any atom is -0.494 e. The van der Waals surface area contributed by atoms with Gasteiger partial charge in [0.15, 0.2) is 11.6 Å². The Morgan fingerprint density at radius 1 is 1.58 bits per heavy atom. The Balaban J connectivity index is 2.09. The number of hydrogen-bond donors (Lipinski definition) is 2. The fraction of sp³-hybridized carbons (Fsp3) is 0.500. The number of nitrogens with one attached hydrogen (secondary N) is 1. The van der Waals surface area contributed by atoms with Crippen LogP contribution in [0.4, 0.5) is 10.1 Å². The summed E-state index contributed by atoms with van der Waals surface area (Å²) in [5.74, 6) is 0.0486. The van der Waals surface area contributed by atoms with E-state index in [1.807, 2.05) is 0 Å². The van der Waals surface area contributed by atoms with Crippen molar-refractivity contribution in [2.24, 2.45) is 17.1 Å². The average molecular weight is 266 g/mol. The zero-order valence-electron chi connectivity index (χ0n) is 11.2. The Bertz CT molecular complexity index is 484. The first-order chi connectivity index (χ1) is 9.00. The molecule has 19 heavy (non-hydrogen) atoms. The first kappa shape index (κ1) is 13.8. The highest BCUT2D eigenvalue weighted by Crippen LogP contribution is 2.45. The number of amides is 1. The van der Waals surface area contributed by atoms with Gasteiger partial charge in [0, 0.05) is 18.3 Å². The SMILES string of the molecule is COc1ccc(NC(=O)C2(CN)CC(C)C2)cc1F. The van der Waals surface area contributed by atoms with E-state index in [1.165, 1.54) is 19.2 Å². The second kappa shape index (κ2) is 5.17. The van der Waals surface area contributed by atoms with Crippen molar-refractivity contribution in [3.8, 4) is 5.75 Å². The maximum absolute atomic E-state index is 13.5. The fourth-order valence-electron chi connectivity index (χ4n) is 2.73. The van der Waals surface area contributed by atoms with Crippen molar-refractivity contribution in [3.05, 3.63) is 24.0 Å². The van der Waals surface area contributed by atoms with Crippen molar-refractivity contribution in [2.75, 3.05) is 19.0 Å². The second-order valence-corrected chi connectivity index (χ2v) is 5.30. The maximum atomic E-state index is 13.5. The molecule has 0 heterocycles. The third kappa shape index (κ3) is 2.56. The molecule has 1 saturated carbocycles. The van der Waals surface area contributed by atoms with Crippen LogP contribution < -0.4 is 15.8 Å². The Hall–Kier alpha value is -1.62. The monoisotopic (exact) mass is 266 g/mol. The summed E-state index contributed by atoms with van der Waals surface area (Å²) in [7, 11) is 1.40. The van der Waals surface area contributed by atoms with Gasteiger partial charge in [-0.15, -0.1) is 0 Å². The van der Waals surface area contributed by atoms with Crippen molar-refractivity contribution < 1.29 is 13.9 Å². The molecule has 0 unspecified atom stereocenters. The Labute approximate surface area is 112 Å². The summed E-state index contributed by atoms with van der Waals surface area (Å²) < 4.78 is 18.4. The third-order valence-electron chi connectivity index (χ3n) is 3.76. The highest BCUT2D eigenvalue weighted by Gasteiger charge is 2.47. The van der Waals surface area contributed by atoms with Crippen molar-refractivity contribution in [2.45, 2.75) is 19.8 Å². The van der Waals surface area contributed by atoms with Crippen LogP contribution in [0.1, 0.15) is 19.8 Å². The van der Waals surface area contributed by atoms with Crippen LogP contribution in [0.5, 0.6) is 5.75 Å². The van der Waals surface area contributed by atoms with Gasteiger partial charge in [-0.3, -0.25) is 4.79 Å². The molecule has 0 bridgehead atoms. The zero-order chi connectivity index (χ0) is 14.0. The number of rotatable bonds is 4. The smallest absolute Gasteiger partial charge is 0.231 e. The quantitative estimate of drug-likeness (QED) is 0.877. The molecule has 0 atom stereocenters. The van der Waals surface area contributed by atoms with Crippen molar-refractivity contribution in [1.29, 1.82) is 0 Å². The first-order valence-electron chi connectivity index (χ1n) is 6.36. The molecule has 1 aliphatic rings. The molecule has 5 heteroatoms. The second-order valence-electron chi connectivity index (χ2n) is 5.30. The Morgan fingerprint density at radius 3 is 2.74 bits per heavy atom. The lowest BCUT2D eigenvalue weighted by Crippen LogP contribution is -2.51. The van der Waals surface area contributed by atoms with E-state index in [4.69, 9.17) is 10.5 Å². The molecular weight excluding hydrogens is 247 g/mol. The van der Waals surface area contributed by atoms with Gasteiger partial charge in [-0.1, -0.05) is 6.92 Å². The summed E-state index contributed by atoms with van der Waals surface area (Å²) in [6.45, 7) is 2.41. The molecule has 104 valence electrons. The molecule has 0 radical (unpaired) electrons. The number of halogens is 1. The lowest BCUT2D eigenvalue weighted by Gasteiger charge is -2.44. The molecular formula is C14H19FN2O2. The number of carbonyl (C=O) groups is 1. The van der Waals surface area contributed by atoms with Crippen LogP contribution in [0, 0.1) is 17.2 Å². The van der Waals surface area contributed by atoms with E-state index in [-0.39, 0.29) is 11.7 Å². The fourth-order valence-corrected chi connectivity index (χ4v) is 2.73. The third-order valence-corrected chi connectivity index (χ3v) is 3.76. The normalized spacial score (nSPS) is 25.6. The summed E-state index contributed by atoms with van der Waals surface area (Å²) >= 11 is 0. The molecule has 4 nitrogen and oxygen atoms in total. The Kier molecular flexibility index (Phi) is 3.75. The molecule has 1 aliphatic carbocycles. The summed E-state index contributed by atoms with van der Waals surface area (Å²) in [4.78, 5) is 12.2. The van der Waals surface area contributed by atoms with Crippen LogP contribution in [0.25, 0.3) is 0 Å². The van der Waals surface area contributed by atoms with Gasteiger partial charge in [0.2, 0.25) is 5.91 Å². The molecule has 0 saturated heterocycles. The van der Waals surface area contributed by atoms with Crippen molar-refractivity contribution >= 4 is 11.6 Å². The van der Waals surface area contributed by atoms with Gasteiger partial charge in [-0.05, 0) is 30.9 Å². The van der Waals surface area contributed by atoms with Gasteiger partial charge in [-0.25, -0.2) is 4.39 Å². The van der Waals surface area contributed by atoms with Crippen molar-refractivity contribution in [1.82, 2.24) is 0 Å². The summed E-state index contributed by atoms with van der Waals surface area (Å²) in [6, 6.07) is 4.36. The predicted molar refractivity (Wildman–Crippen MR) is 71.5 cm³/mol. The number of nitrogens with two attached hydrogens (primary N) is 1. The minimum atomic E-state index is -0.496. The topological polar surface area (TPSA) is 64.3 Å². The van der Waals surface area contributed by atoms with E-state index in [0.717, 1.165) is 12.8 Å². The van der Waals surface area contributed by atoms with E-state index >= 15 is 0 Å². The Morgan fingerprint density at radius 2 is 2.26 bits per heavy atom. The van der Waals surface area contributed by atoms with Crippen LogP contribution in [-0.4, -0.2) is 19.6 Å². The first-order valence-corrected chi connectivity index (χ1v) is 6.36. The molecule has 1 amide bonds. The van der Waals surface area contributed by atoms with E-state index in [9.17, 15) is 9.18 Å². The maximum Gasteiger partial charge on any atom is 0.231 e.